The van der Waals surface area contributed by atoms with Gasteiger partial charge in [-0.25, -0.2) is 4.99 Å². The summed E-state index contributed by atoms with van der Waals surface area (Å²) >= 11 is 0. The van der Waals surface area contributed by atoms with Crippen LogP contribution in [0.4, 0.5) is 0 Å². The van der Waals surface area contributed by atoms with Gasteiger partial charge in [-0.2, -0.15) is 0 Å². The van der Waals surface area contributed by atoms with E-state index in [-0.39, 0.29) is 23.8 Å². The van der Waals surface area contributed by atoms with Crippen molar-refractivity contribution in [1.29, 1.82) is 0 Å². The lowest BCUT2D eigenvalue weighted by molar-refractivity contribution is -0.138. The quantitative estimate of drug-likeness (QED) is 0.405. The number of hydrogen-bond acceptors (Lipinski definition) is 3. The highest BCUT2D eigenvalue weighted by Crippen LogP contribution is 2.38. The molecule has 25 heavy (non-hydrogen) atoms. The van der Waals surface area contributed by atoms with E-state index in [1.54, 1.807) is 33.1 Å². The van der Waals surface area contributed by atoms with Crippen LogP contribution >= 0.6 is 0 Å². The lowest BCUT2D eigenvalue weighted by Gasteiger charge is -2.31. The van der Waals surface area contributed by atoms with Crippen molar-refractivity contribution >= 4 is 17.8 Å². The highest BCUT2D eigenvalue weighted by atomic mass is 16.2. The first-order valence-electron chi connectivity index (χ1n) is 8.76. The number of hydrogen-bond donors (Lipinski definition) is 2. The molecule has 1 aliphatic rings. The van der Waals surface area contributed by atoms with Crippen LogP contribution in [0.25, 0.3) is 0 Å². The molecule has 0 aromatic heterocycles. The van der Waals surface area contributed by atoms with E-state index in [4.69, 9.17) is 0 Å². The van der Waals surface area contributed by atoms with Crippen LogP contribution in [0.5, 0.6) is 0 Å². The fraction of sp³-hybridized carbons (Fsp3) is 0.722. The molecule has 0 spiro atoms. The average Bonchev–Trinajstić information content (AvgIpc) is 3.02. The number of nitrogens with zero attached hydrogens (tertiary/aromatic N) is 3. The standard InChI is InChI=1S/C18H33N5O2/c1-14(2)11-19-17(20-12-15(24)22(3)4)21-13-18(9-7-8-10-18)16(25)23(5)6/h1,7-13H2,2-6H3,(H2,19,20,21). The zero-order chi connectivity index (χ0) is 19.0. The molecule has 142 valence electrons. The number of amides is 2. The van der Waals surface area contributed by atoms with Gasteiger partial charge in [-0.1, -0.05) is 25.0 Å². The predicted molar refractivity (Wildman–Crippen MR) is 101 cm³/mol. The Morgan fingerprint density at radius 2 is 1.68 bits per heavy atom. The summed E-state index contributed by atoms with van der Waals surface area (Å²) < 4.78 is 0. The molecule has 1 rings (SSSR count). The van der Waals surface area contributed by atoms with E-state index in [9.17, 15) is 9.59 Å². The van der Waals surface area contributed by atoms with Gasteiger partial charge < -0.3 is 20.4 Å². The summed E-state index contributed by atoms with van der Waals surface area (Å²) in [5.74, 6) is 0.619. The van der Waals surface area contributed by atoms with Gasteiger partial charge in [0.1, 0.15) is 6.54 Å². The summed E-state index contributed by atoms with van der Waals surface area (Å²) in [7, 11) is 7.00. The van der Waals surface area contributed by atoms with Gasteiger partial charge in [0, 0.05) is 41.3 Å². The molecule has 1 fully saturated rings. The third-order valence-electron chi connectivity index (χ3n) is 4.44. The Morgan fingerprint density at radius 1 is 1.08 bits per heavy atom. The van der Waals surface area contributed by atoms with Gasteiger partial charge in [0.05, 0.1) is 5.41 Å². The third-order valence-corrected chi connectivity index (χ3v) is 4.44. The normalized spacial score (nSPS) is 16.3. The Hall–Kier alpha value is -2.05. The molecule has 0 unspecified atom stereocenters. The Kier molecular flexibility index (Phi) is 7.93. The highest BCUT2D eigenvalue weighted by molar-refractivity contribution is 5.86. The molecule has 7 nitrogen and oxygen atoms in total. The van der Waals surface area contributed by atoms with Crippen LogP contribution in [0.2, 0.25) is 0 Å². The molecule has 2 N–H and O–H groups in total. The zero-order valence-electron chi connectivity index (χ0n) is 16.3. The van der Waals surface area contributed by atoms with Crippen LogP contribution in [0.1, 0.15) is 32.6 Å². The zero-order valence-corrected chi connectivity index (χ0v) is 16.3. The first-order chi connectivity index (χ1) is 11.7. The van der Waals surface area contributed by atoms with Gasteiger partial charge in [0.15, 0.2) is 5.96 Å². The predicted octanol–water partition coefficient (Wildman–Crippen LogP) is 0.835. The third kappa shape index (κ3) is 6.40. The second kappa shape index (κ2) is 9.44. The van der Waals surface area contributed by atoms with Crippen molar-refractivity contribution in [3.05, 3.63) is 12.2 Å². The van der Waals surface area contributed by atoms with Gasteiger partial charge in [0.25, 0.3) is 0 Å². The fourth-order valence-electron chi connectivity index (χ4n) is 2.94. The van der Waals surface area contributed by atoms with E-state index in [0.717, 1.165) is 31.3 Å². The Morgan fingerprint density at radius 3 is 2.16 bits per heavy atom. The minimum atomic E-state index is -0.388. The Bertz CT molecular complexity index is 520. The summed E-state index contributed by atoms with van der Waals surface area (Å²) in [6.45, 7) is 6.94. The molecule has 1 saturated carbocycles. The van der Waals surface area contributed by atoms with E-state index in [1.165, 1.54) is 4.90 Å². The molecular formula is C18H33N5O2. The van der Waals surface area contributed by atoms with Crippen molar-refractivity contribution in [1.82, 2.24) is 20.4 Å². The van der Waals surface area contributed by atoms with Crippen molar-refractivity contribution in [3.8, 4) is 0 Å². The second-order valence-corrected chi connectivity index (χ2v) is 7.30. The van der Waals surface area contributed by atoms with E-state index in [0.29, 0.717) is 19.0 Å². The molecule has 7 heteroatoms. The smallest absolute Gasteiger partial charge is 0.243 e. The van der Waals surface area contributed by atoms with Gasteiger partial charge in [-0.15, -0.1) is 0 Å². The maximum atomic E-state index is 12.7. The van der Waals surface area contributed by atoms with Crippen LogP contribution in [-0.4, -0.2) is 75.4 Å². The fourth-order valence-corrected chi connectivity index (χ4v) is 2.94. The first-order valence-corrected chi connectivity index (χ1v) is 8.76. The molecule has 0 aromatic rings. The maximum Gasteiger partial charge on any atom is 0.243 e. The SMILES string of the molecule is C=C(C)CNC(=NCC(=O)N(C)C)NCC1(C(=O)N(C)C)CCCC1. The number of aliphatic imine (C=N–C) groups is 1. The van der Waals surface area contributed by atoms with E-state index < -0.39 is 0 Å². The largest absolute Gasteiger partial charge is 0.355 e. The number of carbonyl (C=O) groups is 2. The lowest BCUT2D eigenvalue weighted by atomic mass is 9.84. The van der Waals surface area contributed by atoms with Gasteiger partial charge in [-0.3, -0.25) is 9.59 Å². The number of guanidine groups is 1. The molecule has 0 aromatic carbocycles. The van der Waals surface area contributed by atoms with Crippen molar-refractivity contribution in [2.75, 3.05) is 47.8 Å². The van der Waals surface area contributed by atoms with Crippen molar-refractivity contribution in [2.24, 2.45) is 10.4 Å². The number of rotatable bonds is 7. The minimum absolute atomic E-state index is 0.0626. The van der Waals surface area contributed by atoms with Gasteiger partial charge >= 0.3 is 0 Å². The summed E-state index contributed by atoms with van der Waals surface area (Å²) in [5, 5.41) is 6.43. The van der Waals surface area contributed by atoms with Gasteiger partial charge in [0.2, 0.25) is 11.8 Å². The molecule has 0 heterocycles. The molecule has 0 radical (unpaired) electrons. The molecular weight excluding hydrogens is 318 g/mol. The van der Waals surface area contributed by atoms with E-state index in [1.807, 2.05) is 6.92 Å². The Labute approximate surface area is 151 Å². The highest BCUT2D eigenvalue weighted by Gasteiger charge is 2.42. The Balaban J connectivity index is 2.81. The molecule has 1 aliphatic carbocycles. The number of nitrogens with one attached hydrogen (secondary N) is 2. The summed E-state index contributed by atoms with van der Waals surface area (Å²) in [4.78, 5) is 32.0. The number of carbonyl (C=O) groups excluding carboxylic acids is 2. The van der Waals surface area contributed by atoms with Crippen molar-refractivity contribution < 1.29 is 9.59 Å². The minimum Gasteiger partial charge on any atom is -0.355 e. The monoisotopic (exact) mass is 351 g/mol. The molecule has 0 saturated heterocycles. The maximum absolute atomic E-state index is 12.7. The number of likely N-dealkylation sites (N-methyl/N-ethyl adjacent to an activating group) is 1. The van der Waals surface area contributed by atoms with Crippen molar-refractivity contribution in [2.45, 2.75) is 32.6 Å². The van der Waals surface area contributed by atoms with Crippen LogP contribution < -0.4 is 10.6 Å². The summed E-state index contributed by atoms with van der Waals surface area (Å²) in [6, 6.07) is 0. The van der Waals surface area contributed by atoms with Gasteiger partial charge in [-0.05, 0) is 19.8 Å². The first kappa shape index (κ1) is 21.0. The van der Waals surface area contributed by atoms with Crippen LogP contribution in [0.3, 0.4) is 0 Å². The molecule has 2 amide bonds. The van der Waals surface area contributed by atoms with Crippen LogP contribution in [0.15, 0.2) is 17.1 Å². The van der Waals surface area contributed by atoms with Crippen LogP contribution in [0, 0.1) is 5.41 Å². The average molecular weight is 351 g/mol. The molecule has 0 aliphatic heterocycles. The van der Waals surface area contributed by atoms with E-state index >= 15 is 0 Å². The second-order valence-electron chi connectivity index (χ2n) is 7.30. The van der Waals surface area contributed by atoms with Crippen molar-refractivity contribution in [3.63, 3.8) is 0 Å². The van der Waals surface area contributed by atoms with E-state index in [2.05, 4.69) is 22.2 Å². The molecule has 0 bridgehead atoms. The lowest BCUT2D eigenvalue weighted by Crippen LogP contribution is -2.49. The van der Waals surface area contributed by atoms with Crippen LogP contribution in [-0.2, 0) is 9.59 Å². The summed E-state index contributed by atoms with van der Waals surface area (Å²) in [6.07, 6.45) is 3.88. The summed E-state index contributed by atoms with van der Waals surface area (Å²) in [5.41, 5.74) is 0.578. The topological polar surface area (TPSA) is 77.0 Å². The molecule has 0 atom stereocenters.